The molecule has 1 aliphatic carbocycles. The molecule has 1 aliphatic rings. The minimum Gasteiger partial charge on any atom is -0.396 e. The van der Waals surface area contributed by atoms with Crippen LogP contribution >= 0.6 is 0 Å². The average Bonchev–Trinajstić information content (AvgIpc) is 2.18. The topological polar surface area (TPSA) is 40.5 Å². The molecule has 0 aliphatic heterocycles. The van der Waals surface area contributed by atoms with Crippen molar-refractivity contribution in [3.8, 4) is 0 Å². The first-order chi connectivity index (χ1) is 6.27. The van der Waals surface area contributed by atoms with Crippen molar-refractivity contribution >= 4 is 0 Å². The summed E-state index contributed by atoms with van der Waals surface area (Å²) in [6.45, 7) is 2.35. The number of hydrogen-bond donors (Lipinski definition) is 2. The summed E-state index contributed by atoms with van der Waals surface area (Å²) in [5.74, 6) is 1.15. The molecule has 0 aromatic heterocycles. The highest BCUT2D eigenvalue weighted by molar-refractivity contribution is 4.77. The highest BCUT2D eigenvalue weighted by Gasteiger charge is 2.25. The second kappa shape index (κ2) is 5.61. The lowest BCUT2D eigenvalue weighted by molar-refractivity contribution is 0.0609. The highest BCUT2D eigenvalue weighted by Crippen LogP contribution is 2.33. The van der Waals surface area contributed by atoms with Gasteiger partial charge in [0.1, 0.15) is 0 Å². The van der Waals surface area contributed by atoms with Crippen LogP contribution in [0.25, 0.3) is 0 Å². The van der Waals surface area contributed by atoms with E-state index < -0.39 is 0 Å². The van der Waals surface area contributed by atoms with Crippen LogP contribution in [0.4, 0.5) is 0 Å². The molecule has 0 heterocycles. The predicted octanol–water partition coefficient (Wildman–Crippen LogP) is 1.95. The SMILES string of the molecule is CCC(O)C1CCCC(CCO)C1. The second-order valence-corrected chi connectivity index (χ2v) is 4.28. The van der Waals surface area contributed by atoms with Crippen molar-refractivity contribution in [2.45, 2.75) is 51.6 Å². The first-order valence-corrected chi connectivity index (χ1v) is 5.56. The lowest BCUT2D eigenvalue weighted by Crippen LogP contribution is -2.26. The maximum atomic E-state index is 9.71. The number of hydrogen-bond acceptors (Lipinski definition) is 2. The Kier molecular flexibility index (Phi) is 4.74. The minimum absolute atomic E-state index is 0.110. The summed E-state index contributed by atoms with van der Waals surface area (Å²) in [7, 11) is 0. The standard InChI is InChI=1S/C11H22O2/c1-2-11(13)10-5-3-4-9(8-10)6-7-12/h9-13H,2-8H2,1H3. The summed E-state index contributed by atoms with van der Waals surface area (Å²) in [5.41, 5.74) is 0. The third kappa shape index (κ3) is 3.28. The van der Waals surface area contributed by atoms with Crippen LogP contribution in [0, 0.1) is 11.8 Å². The normalized spacial score (nSPS) is 31.6. The van der Waals surface area contributed by atoms with E-state index in [9.17, 15) is 5.11 Å². The maximum Gasteiger partial charge on any atom is 0.0565 e. The molecular formula is C11H22O2. The molecule has 1 saturated carbocycles. The highest BCUT2D eigenvalue weighted by atomic mass is 16.3. The Hall–Kier alpha value is -0.0800. The van der Waals surface area contributed by atoms with Crippen molar-refractivity contribution in [2.75, 3.05) is 6.61 Å². The lowest BCUT2D eigenvalue weighted by Gasteiger charge is -2.31. The molecule has 0 aromatic rings. The number of rotatable bonds is 4. The van der Waals surface area contributed by atoms with Crippen LogP contribution in [0.3, 0.4) is 0 Å². The second-order valence-electron chi connectivity index (χ2n) is 4.28. The van der Waals surface area contributed by atoms with E-state index in [1.807, 2.05) is 6.92 Å². The van der Waals surface area contributed by atoms with Crippen LogP contribution in [-0.2, 0) is 0 Å². The lowest BCUT2D eigenvalue weighted by atomic mass is 9.77. The summed E-state index contributed by atoms with van der Waals surface area (Å²) in [4.78, 5) is 0. The van der Waals surface area contributed by atoms with Crippen LogP contribution in [-0.4, -0.2) is 22.9 Å². The molecule has 1 fully saturated rings. The molecule has 0 radical (unpaired) electrons. The van der Waals surface area contributed by atoms with E-state index in [4.69, 9.17) is 5.11 Å². The summed E-state index contributed by atoms with van der Waals surface area (Å²) in [5, 5.41) is 18.5. The zero-order valence-corrected chi connectivity index (χ0v) is 8.58. The molecule has 0 saturated heterocycles. The van der Waals surface area contributed by atoms with Gasteiger partial charge in [-0.2, -0.15) is 0 Å². The molecule has 2 heteroatoms. The van der Waals surface area contributed by atoms with Crippen molar-refractivity contribution < 1.29 is 10.2 Å². The van der Waals surface area contributed by atoms with Gasteiger partial charge in [-0.15, -0.1) is 0 Å². The molecule has 2 N–H and O–H groups in total. The summed E-state index contributed by atoms with van der Waals surface area (Å²) >= 11 is 0. The summed E-state index contributed by atoms with van der Waals surface area (Å²) in [6.07, 6.45) is 6.46. The Morgan fingerprint density at radius 3 is 2.77 bits per heavy atom. The quantitative estimate of drug-likeness (QED) is 0.704. The average molecular weight is 186 g/mol. The third-order valence-corrected chi connectivity index (χ3v) is 3.32. The maximum absolute atomic E-state index is 9.71. The molecule has 0 aromatic carbocycles. The van der Waals surface area contributed by atoms with Gasteiger partial charge in [0, 0.05) is 6.61 Å². The molecule has 2 nitrogen and oxygen atoms in total. The van der Waals surface area contributed by atoms with Gasteiger partial charge in [0.05, 0.1) is 6.10 Å². The fourth-order valence-electron chi connectivity index (χ4n) is 2.46. The van der Waals surface area contributed by atoms with E-state index in [-0.39, 0.29) is 6.10 Å². The summed E-state index contributed by atoms with van der Waals surface area (Å²) in [6, 6.07) is 0. The van der Waals surface area contributed by atoms with E-state index in [2.05, 4.69) is 0 Å². The summed E-state index contributed by atoms with van der Waals surface area (Å²) < 4.78 is 0. The zero-order chi connectivity index (χ0) is 9.68. The van der Waals surface area contributed by atoms with Gasteiger partial charge in [0.2, 0.25) is 0 Å². The Morgan fingerprint density at radius 2 is 2.15 bits per heavy atom. The molecule has 3 unspecified atom stereocenters. The molecule has 0 bridgehead atoms. The van der Waals surface area contributed by atoms with Crippen molar-refractivity contribution in [3.05, 3.63) is 0 Å². The Balaban J connectivity index is 2.32. The van der Waals surface area contributed by atoms with E-state index >= 15 is 0 Å². The van der Waals surface area contributed by atoms with Gasteiger partial charge in [-0.3, -0.25) is 0 Å². The van der Waals surface area contributed by atoms with Crippen molar-refractivity contribution in [1.29, 1.82) is 0 Å². The van der Waals surface area contributed by atoms with Gasteiger partial charge in [-0.1, -0.05) is 19.8 Å². The zero-order valence-electron chi connectivity index (χ0n) is 8.58. The molecule has 0 spiro atoms. The van der Waals surface area contributed by atoms with E-state index in [0.717, 1.165) is 19.3 Å². The van der Waals surface area contributed by atoms with E-state index in [1.165, 1.54) is 19.3 Å². The van der Waals surface area contributed by atoms with Crippen molar-refractivity contribution in [2.24, 2.45) is 11.8 Å². The molecule has 3 atom stereocenters. The van der Waals surface area contributed by atoms with Gasteiger partial charge < -0.3 is 10.2 Å². The van der Waals surface area contributed by atoms with Gasteiger partial charge >= 0.3 is 0 Å². The Morgan fingerprint density at radius 1 is 1.38 bits per heavy atom. The molecule has 78 valence electrons. The van der Waals surface area contributed by atoms with Crippen molar-refractivity contribution in [3.63, 3.8) is 0 Å². The van der Waals surface area contributed by atoms with Gasteiger partial charge in [-0.25, -0.2) is 0 Å². The van der Waals surface area contributed by atoms with Crippen LogP contribution in [0.1, 0.15) is 45.4 Å². The van der Waals surface area contributed by atoms with Gasteiger partial charge in [0.15, 0.2) is 0 Å². The largest absolute Gasteiger partial charge is 0.396 e. The van der Waals surface area contributed by atoms with Crippen LogP contribution in [0.15, 0.2) is 0 Å². The smallest absolute Gasteiger partial charge is 0.0565 e. The van der Waals surface area contributed by atoms with Crippen LogP contribution in [0.5, 0.6) is 0 Å². The minimum atomic E-state index is -0.110. The Labute approximate surface area is 81.0 Å². The van der Waals surface area contributed by atoms with Crippen LogP contribution < -0.4 is 0 Å². The first kappa shape index (κ1) is 11.0. The Bertz CT molecular complexity index is 134. The number of aliphatic hydroxyl groups excluding tert-OH is 2. The predicted molar refractivity (Wildman–Crippen MR) is 53.4 cm³/mol. The molecular weight excluding hydrogens is 164 g/mol. The van der Waals surface area contributed by atoms with E-state index in [0.29, 0.717) is 18.4 Å². The fourth-order valence-corrected chi connectivity index (χ4v) is 2.46. The van der Waals surface area contributed by atoms with Gasteiger partial charge in [0.25, 0.3) is 0 Å². The third-order valence-electron chi connectivity index (χ3n) is 3.32. The first-order valence-electron chi connectivity index (χ1n) is 5.56. The van der Waals surface area contributed by atoms with Crippen LogP contribution in [0.2, 0.25) is 0 Å². The van der Waals surface area contributed by atoms with E-state index in [1.54, 1.807) is 0 Å². The van der Waals surface area contributed by atoms with Gasteiger partial charge in [-0.05, 0) is 37.5 Å². The monoisotopic (exact) mass is 186 g/mol. The molecule has 1 rings (SSSR count). The van der Waals surface area contributed by atoms with Crippen molar-refractivity contribution in [1.82, 2.24) is 0 Å². The molecule has 13 heavy (non-hydrogen) atoms. The molecule has 0 amide bonds. The number of aliphatic hydroxyl groups is 2. The fraction of sp³-hybridized carbons (Fsp3) is 1.00.